The highest BCUT2D eigenvalue weighted by molar-refractivity contribution is 6.30. The van der Waals surface area contributed by atoms with E-state index in [2.05, 4.69) is 12.0 Å². The van der Waals surface area contributed by atoms with E-state index in [1.165, 1.54) is 50.6 Å². The smallest absolute Gasteiger partial charge is 0.260 e. The number of nitrogens with one attached hydrogen (secondary N) is 1. The van der Waals surface area contributed by atoms with E-state index in [9.17, 15) is 19.1 Å². The number of phenolic OH excluding ortho intramolecular Hbond substituents is 1. The Morgan fingerprint density at radius 3 is 2.26 bits per heavy atom. The van der Waals surface area contributed by atoms with Crippen molar-refractivity contribution in [3.05, 3.63) is 107 Å². The van der Waals surface area contributed by atoms with Crippen LogP contribution in [0.4, 0.5) is 10.1 Å². The summed E-state index contributed by atoms with van der Waals surface area (Å²) in [6.45, 7) is 4.00. The zero-order valence-corrected chi connectivity index (χ0v) is 22.0. The molecule has 2 amide bonds. The normalized spacial score (nSPS) is 22.3. The van der Waals surface area contributed by atoms with Gasteiger partial charge in [0.1, 0.15) is 23.1 Å². The molecular weight excluding hydrogens is 523 g/mol. The summed E-state index contributed by atoms with van der Waals surface area (Å²) in [4.78, 5) is 28.7. The van der Waals surface area contributed by atoms with Gasteiger partial charge < -0.3 is 14.6 Å². The SMILES string of the molecule is C=CC1=CCC2C(=O)N(Nc3ccc(F)cc3)C(=O)C2(c2ccc(Cl)cc2)C1c1c(OC)cc(O)cc1OC. The number of hydrazine groups is 1. The molecule has 0 saturated carbocycles. The number of rotatable bonds is 7. The van der Waals surface area contributed by atoms with E-state index in [1.807, 2.05) is 6.08 Å². The van der Waals surface area contributed by atoms with Crippen LogP contribution in [-0.4, -0.2) is 36.1 Å². The lowest BCUT2D eigenvalue weighted by Crippen LogP contribution is -2.48. The highest BCUT2D eigenvalue weighted by Gasteiger charge is 2.66. The lowest BCUT2D eigenvalue weighted by atomic mass is 9.55. The van der Waals surface area contributed by atoms with Gasteiger partial charge in [0, 0.05) is 28.6 Å². The lowest BCUT2D eigenvalue weighted by molar-refractivity contribution is -0.138. The maximum Gasteiger partial charge on any atom is 0.260 e. The molecule has 0 spiro atoms. The summed E-state index contributed by atoms with van der Waals surface area (Å²) < 4.78 is 24.9. The second kappa shape index (κ2) is 10.1. The summed E-state index contributed by atoms with van der Waals surface area (Å²) >= 11 is 6.23. The van der Waals surface area contributed by atoms with Crippen LogP contribution in [0.3, 0.4) is 0 Å². The summed E-state index contributed by atoms with van der Waals surface area (Å²) in [5, 5.41) is 11.8. The predicted molar refractivity (Wildman–Crippen MR) is 145 cm³/mol. The molecule has 3 aromatic rings. The van der Waals surface area contributed by atoms with E-state index in [0.29, 0.717) is 27.4 Å². The van der Waals surface area contributed by atoms with E-state index < -0.39 is 34.9 Å². The Balaban J connectivity index is 1.80. The average molecular weight is 549 g/mol. The van der Waals surface area contributed by atoms with Gasteiger partial charge in [-0.25, -0.2) is 4.39 Å². The van der Waals surface area contributed by atoms with E-state index in [0.717, 1.165) is 5.01 Å². The number of methoxy groups -OCH3 is 2. The number of ether oxygens (including phenoxy) is 2. The van der Waals surface area contributed by atoms with Crippen LogP contribution in [0.2, 0.25) is 5.02 Å². The van der Waals surface area contributed by atoms with Gasteiger partial charge in [0.25, 0.3) is 11.8 Å². The molecule has 1 aliphatic carbocycles. The monoisotopic (exact) mass is 548 g/mol. The number of halogens is 2. The number of allylic oxidation sites excluding steroid dienone is 3. The van der Waals surface area contributed by atoms with Crippen LogP contribution in [0.1, 0.15) is 23.5 Å². The summed E-state index contributed by atoms with van der Waals surface area (Å²) in [6, 6.07) is 15.1. The second-order valence-electron chi connectivity index (χ2n) is 9.37. The quantitative estimate of drug-likeness (QED) is 0.365. The van der Waals surface area contributed by atoms with Crippen molar-refractivity contribution in [1.82, 2.24) is 5.01 Å². The van der Waals surface area contributed by atoms with Crippen molar-refractivity contribution in [2.24, 2.45) is 5.92 Å². The Bertz CT molecular complexity index is 1460. The fourth-order valence-corrected chi connectivity index (χ4v) is 5.94. The minimum atomic E-state index is -1.47. The molecule has 39 heavy (non-hydrogen) atoms. The van der Waals surface area contributed by atoms with Gasteiger partial charge in [-0.1, -0.05) is 42.5 Å². The van der Waals surface area contributed by atoms with Crippen molar-refractivity contribution < 1.29 is 28.6 Å². The van der Waals surface area contributed by atoms with E-state index in [1.54, 1.807) is 30.3 Å². The molecule has 9 heteroatoms. The number of nitrogens with zero attached hydrogens (tertiary/aromatic N) is 1. The highest BCUT2D eigenvalue weighted by Crippen LogP contribution is 2.60. The Morgan fingerprint density at radius 2 is 1.69 bits per heavy atom. The zero-order chi connectivity index (χ0) is 27.9. The van der Waals surface area contributed by atoms with Gasteiger partial charge in [-0.15, -0.1) is 0 Å². The highest BCUT2D eigenvalue weighted by atomic mass is 35.5. The Kier molecular flexibility index (Phi) is 6.82. The summed E-state index contributed by atoms with van der Waals surface area (Å²) in [7, 11) is 2.91. The molecule has 7 nitrogen and oxygen atoms in total. The third kappa shape index (κ3) is 4.12. The van der Waals surface area contributed by atoms with E-state index in [-0.39, 0.29) is 23.7 Å². The third-order valence-electron chi connectivity index (χ3n) is 7.46. The summed E-state index contributed by atoms with van der Waals surface area (Å²) in [5.41, 5.74) is 3.53. The molecule has 200 valence electrons. The van der Waals surface area contributed by atoms with Crippen LogP contribution in [0.15, 0.2) is 85.0 Å². The van der Waals surface area contributed by atoms with Gasteiger partial charge in [0.05, 0.1) is 31.2 Å². The maximum absolute atomic E-state index is 14.7. The van der Waals surface area contributed by atoms with Crippen LogP contribution in [0.25, 0.3) is 0 Å². The number of carbonyl (C=O) groups excluding carboxylic acids is 2. The van der Waals surface area contributed by atoms with Crippen LogP contribution in [0.5, 0.6) is 17.2 Å². The minimum Gasteiger partial charge on any atom is -0.508 e. The molecule has 1 heterocycles. The number of aromatic hydroxyl groups is 1. The first-order valence-electron chi connectivity index (χ1n) is 12.2. The molecule has 2 aliphatic rings. The molecule has 1 saturated heterocycles. The average Bonchev–Trinajstić information content (AvgIpc) is 3.15. The minimum absolute atomic E-state index is 0.0853. The second-order valence-corrected chi connectivity index (χ2v) is 9.80. The topological polar surface area (TPSA) is 88.1 Å². The molecule has 1 aliphatic heterocycles. The molecule has 0 aromatic heterocycles. The van der Waals surface area contributed by atoms with Gasteiger partial charge in [-0.05, 0) is 54.0 Å². The molecule has 3 unspecified atom stereocenters. The zero-order valence-electron chi connectivity index (χ0n) is 21.3. The Labute approximate surface area is 230 Å². The number of imide groups is 1. The van der Waals surface area contributed by atoms with E-state index in [4.69, 9.17) is 21.1 Å². The molecule has 3 aromatic carbocycles. The van der Waals surface area contributed by atoms with Crippen molar-refractivity contribution in [3.8, 4) is 17.2 Å². The third-order valence-corrected chi connectivity index (χ3v) is 7.72. The van der Waals surface area contributed by atoms with Crippen molar-refractivity contribution in [2.45, 2.75) is 17.8 Å². The standard InChI is InChI=1S/C30H26ClFN2O5/c1-4-17-5-14-23-28(36)34(33-21-12-10-20(32)11-13-21)29(37)30(23,18-6-8-19(31)9-7-18)27(17)26-24(38-2)15-22(35)16-25(26)39-3/h4-13,15-16,23,27,33,35H,1,14H2,2-3H3. The first kappa shape index (κ1) is 26.3. The van der Waals surface area contributed by atoms with Crippen molar-refractivity contribution in [2.75, 3.05) is 19.6 Å². The van der Waals surface area contributed by atoms with Crippen molar-refractivity contribution >= 4 is 29.1 Å². The first-order valence-corrected chi connectivity index (χ1v) is 12.6. The fourth-order valence-electron chi connectivity index (χ4n) is 5.81. The molecular formula is C30H26ClFN2O5. The number of carbonyl (C=O) groups is 2. The Hall–Kier alpha value is -4.30. The Morgan fingerprint density at radius 1 is 1.08 bits per heavy atom. The van der Waals surface area contributed by atoms with Crippen LogP contribution in [-0.2, 0) is 15.0 Å². The van der Waals surface area contributed by atoms with Gasteiger partial charge in [0.15, 0.2) is 0 Å². The molecule has 5 rings (SSSR count). The largest absolute Gasteiger partial charge is 0.508 e. The number of benzene rings is 3. The summed E-state index contributed by atoms with van der Waals surface area (Å²) in [5.74, 6) is -2.55. The predicted octanol–water partition coefficient (Wildman–Crippen LogP) is 5.75. The van der Waals surface area contributed by atoms with Gasteiger partial charge >= 0.3 is 0 Å². The number of hydrogen-bond acceptors (Lipinski definition) is 6. The maximum atomic E-state index is 14.7. The van der Waals surface area contributed by atoms with Crippen LogP contribution >= 0.6 is 11.6 Å². The lowest BCUT2D eigenvalue weighted by Gasteiger charge is -2.43. The van der Waals surface area contributed by atoms with Crippen molar-refractivity contribution in [3.63, 3.8) is 0 Å². The summed E-state index contributed by atoms with van der Waals surface area (Å²) in [6.07, 6.45) is 3.79. The number of phenols is 1. The van der Waals surface area contributed by atoms with Gasteiger partial charge in [-0.3, -0.25) is 15.0 Å². The number of hydrogen-bond donors (Lipinski definition) is 2. The number of anilines is 1. The number of amides is 2. The molecule has 0 radical (unpaired) electrons. The first-order chi connectivity index (χ1) is 18.8. The van der Waals surface area contributed by atoms with Gasteiger partial charge in [0.2, 0.25) is 0 Å². The molecule has 2 N–H and O–H groups in total. The van der Waals surface area contributed by atoms with Gasteiger partial charge in [-0.2, -0.15) is 5.01 Å². The fraction of sp³-hybridized carbons (Fsp3) is 0.200. The van der Waals surface area contributed by atoms with Crippen LogP contribution < -0.4 is 14.9 Å². The number of fused-ring (bicyclic) bond motifs is 1. The van der Waals surface area contributed by atoms with E-state index >= 15 is 0 Å². The van der Waals surface area contributed by atoms with Crippen molar-refractivity contribution in [1.29, 1.82) is 0 Å². The molecule has 0 bridgehead atoms. The van der Waals surface area contributed by atoms with Crippen LogP contribution in [0, 0.1) is 11.7 Å². The molecule has 3 atom stereocenters. The molecule has 1 fully saturated rings.